The summed E-state index contributed by atoms with van der Waals surface area (Å²) in [6.45, 7) is 0.700. The Kier molecular flexibility index (Phi) is 7.96. The first-order chi connectivity index (χ1) is 7.17. The molecule has 1 aromatic rings. The number of nitrogens with one attached hydrogen (secondary N) is 1. The second-order valence-electron chi connectivity index (χ2n) is 2.91. The lowest BCUT2D eigenvalue weighted by Gasteiger charge is -2.12. The molecule has 7 heteroatoms. The molecular weight excluding hydrogens is 316 g/mol. The number of rotatable bonds is 5. The minimum atomic E-state index is -0.562. The van der Waals surface area contributed by atoms with Crippen LogP contribution in [0.2, 0.25) is 0 Å². The molecule has 4 nitrogen and oxygen atoms in total. The lowest BCUT2D eigenvalue weighted by atomic mass is 10.3. The molecule has 3 N–H and O–H groups in total. The summed E-state index contributed by atoms with van der Waals surface area (Å²) in [5, 5.41) is 4.73. The number of nitrogens with two attached hydrogens (primary N) is 1. The van der Waals surface area contributed by atoms with Crippen molar-refractivity contribution >= 4 is 45.6 Å². The molecule has 1 aromatic heterocycles. The van der Waals surface area contributed by atoms with E-state index in [-0.39, 0.29) is 24.9 Å². The van der Waals surface area contributed by atoms with E-state index in [0.29, 0.717) is 6.54 Å². The number of methoxy groups -OCH3 is 1. The van der Waals surface area contributed by atoms with E-state index in [1.54, 1.807) is 11.3 Å². The van der Waals surface area contributed by atoms with Crippen LogP contribution in [0.4, 0.5) is 0 Å². The molecule has 0 fully saturated rings. The first-order valence-electron chi connectivity index (χ1n) is 4.41. The van der Waals surface area contributed by atoms with Crippen molar-refractivity contribution in [2.45, 2.75) is 12.6 Å². The Morgan fingerprint density at radius 1 is 1.75 bits per heavy atom. The van der Waals surface area contributed by atoms with Gasteiger partial charge >= 0.3 is 0 Å². The van der Waals surface area contributed by atoms with E-state index >= 15 is 0 Å². The van der Waals surface area contributed by atoms with Gasteiger partial charge in [-0.05, 0) is 22.0 Å². The van der Waals surface area contributed by atoms with Gasteiger partial charge in [0, 0.05) is 28.4 Å². The fourth-order valence-electron chi connectivity index (χ4n) is 1.04. The van der Waals surface area contributed by atoms with Crippen LogP contribution >= 0.6 is 39.7 Å². The molecule has 1 heterocycles. The average molecular weight is 330 g/mol. The Morgan fingerprint density at radius 3 is 2.88 bits per heavy atom. The fourth-order valence-corrected chi connectivity index (χ4v) is 2.44. The van der Waals surface area contributed by atoms with Gasteiger partial charge in [-0.1, -0.05) is 0 Å². The van der Waals surface area contributed by atoms with Gasteiger partial charge in [0.2, 0.25) is 0 Å². The van der Waals surface area contributed by atoms with Crippen LogP contribution in [0.1, 0.15) is 4.88 Å². The zero-order valence-electron chi connectivity index (χ0n) is 8.73. The number of ether oxygens (including phenoxy) is 1. The summed E-state index contributed by atoms with van der Waals surface area (Å²) in [6.07, 6.45) is -0.562. The van der Waals surface area contributed by atoms with Crippen LogP contribution in [0.15, 0.2) is 15.9 Å². The maximum atomic E-state index is 11.5. The molecule has 0 saturated carbocycles. The zero-order valence-corrected chi connectivity index (χ0v) is 12.0. The third-order valence-electron chi connectivity index (χ3n) is 1.85. The highest BCUT2D eigenvalue weighted by Gasteiger charge is 2.14. The number of hydrogen-bond donors (Lipinski definition) is 2. The lowest BCUT2D eigenvalue weighted by molar-refractivity contribution is -0.130. The molecule has 0 bridgehead atoms. The summed E-state index contributed by atoms with van der Waals surface area (Å²) >= 11 is 4.93. The second-order valence-corrected chi connectivity index (χ2v) is 4.82. The van der Waals surface area contributed by atoms with Crippen molar-refractivity contribution in [3.05, 3.63) is 20.8 Å². The third kappa shape index (κ3) is 4.80. The van der Waals surface area contributed by atoms with Crippen molar-refractivity contribution in [2.75, 3.05) is 13.7 Å². The highest BCUT2D eigenvalue weighted by Crippen LogP contribution is 2.19. The molecule has 1 rings (SSSR count). The zero-order chi connectivity index (χ0) is 11.3. The Morgan fingerprint density at radius 2 is 2.44 bits per heavy atom. The number of halogens is 2. The number of hydrogen-bond acceptors (Lipinski definition) is 4. The molecule has 0 saturated heterocycles. The summed E-state index contributed by atoms with van der Waals surface area (Å²) in [4.78, 5) is 12.5. The van der Waals surface area contributed by atoms with Crippen molar-refractivity contribution in [3.8, 4) is 0 Å². The number of carbonyl (C=O) groups excluding carboxylic acids is 1. The van der Waals surface area contributed by atoms with Gasteiger partial charge < -0.3 is 15.8 Å². The van der Waals surface area contributed by atoms with Gasteiger partial charge in [-0.3, -0.25) is 4.79 Å². The molecular formula is C9H14BrClN2O2S. The van der Waals surface area contributed by atoms with Crippen LogP contribution < -0.4 is 11.1 Å². The lowest BCUT2D eigenvalue weighted by Crippen LogP contribution is -2.40. The predicted octanol–water partition coefficient (Wildman–Crippen LogP) is 1.52. The Labute approximate surface area is 113 Å². The molecule has 0 aliphatic rings. The number of amides is 1. The van der Waals surface area contributed by atoms with Gasteiger partial charge in [0.25, 0.3) is 5.91 Å². The standard InChI is InChI=1S/C9H13BrN2O2S.ClH/c1-14-8(3-11)9(13)12-4-7-2-6(10)5-15-7;/h2,5,8H,3-4,11H2,1H3,(H,12,13);1H. The van der Waals surface area contributed by atoms with Crippen molar-refractivity contribution < 1.29 is 9.53 Å². The Bertz CT molecular complexity index is 331. The number of carbonyl (C=O) groups is 1. The van der Waals surface area contributed by atoms with E-state index < -0.39 is 6.10 Å². The smallest absolute Gasteiger partial charge is 0.250 e. The predicted molar refractivity (Wildman–Crippen MR) is 71.0 cm³/mol. The van der Waals surface area contributed by atoms with Crippen LogP contribution in [0.5, 0.6) is 0 Å². The minimum Gasteiger partial charge on any atom is -0.370 e. The van der Waals surface area contributed by atoms with Crippen molar-refractivity contribution in [3.63, 3.8) is 0 Å². The van der Waals surface area contributed by atoms with Gasteiger partial charge in [0.1, 0.15) is 6.10 Å². The second kappa shape index (κ2) is 8.03. The summed E-state index contributed by atoms with van der Waals surface area (Å²) < 4.78 is 5.94. The van der Waals surface area contributed by atoms with Gasteiger partial charge in [-0.2, -0.15) is 0 Å². The summed E-state index contributed by atoms with van der Waals surface area (Å²) in [6, 6.07) is 1.97. The quantitative estimate of drug-likeness (QED) is 0.861. The number of thiophene rings is 1. The van der Waals surface area contributed by atoms with E-state index in [2.05, 4.69) is 21.2 Å². The molecule has 16 heavy (non-hydrogen) atoms. The highest BCUT2D eigenvalue weighted by molar-refractivity contribution is 9.10. The summed E-state index contributed by atoms with van der Waals surface area (Å²) in [5.41, 5.74) is 5.37. The Balaban J connectivity index is 0.00000225. The maximum Gasteiger partial charge on any atom is 0.250 e. The van der Waals surface area contributed by atoms with Crippen LogP contribution in [-0.4, -0.2) is 25.7 Å². The van der Waals surface area contributed by atoms with Crippen molar-refractivity contribution in [1.82, 2.24) is 5.32 Å². The SMILES string of the molecule is COC(CN)C(=O)NCc1cc(Br)cs1.Cl. The molecule has 0 aliphatic carbocycles. The minimum absolute atomic E-state index is 0. The first-order valence-corrected chi connectivity index (χ1v) is 6.08. The molecule has 0 radical (unpaired) electrons. The van der Waals surface area contributed by atoms with Crippen LogP contribution in [0.3, 0.4) is 0 Å². The van der Waals surface area contributed by atoms with Crippen LogP contribution in [-0.2, 0) is 16.1 Å². The largest absolute Gasteiger partial charge is 0.370 e. The molecule has 1 amide bonds. The van der Waals surface area contributed by atoms with E-state index in [0.717, 1.165) is 9.35 Å². The molecule has 0 spiro atoms. The average Bonchev–Trinajstić information content (AvgIpc) is 2.63. The third-order valence-corrected chi connectivity index (χ3v) is 3.55. The van der Waals surface area contributed by atoms with Crippen molar-refractivity contribution in [2.24, 2.45) is 5.73 Å². The highest BCUT2D eigenvalue weighted by atomic mass is 79.9. The monoisotopic (exact) mass is 328 g/mol. The van der Waals surface area contributed by atoms with E-state index in [4.69, 9.17) is 10.5 Å². The summed E-state index contributed by atoms with van der Waals surface area (Å²) in [5.74, 6) is -0.176. The topological polar surface area (TPSA) is 64.3 Å². The molecule has 92 valence electrons. The maximum absolute atomic E-state index is 11.5. The molecule has 0 aliphatic heterocycles. The van der Waals surface area contributed by atoms with Gasteiger partial charge in [-0.15, -0.1) is 23.7 Å². The van der Waals surface area contributed by atoms with Crippen LogP contribution in [0, 0.1) is 0 Å². The van der Waals surface area contributed by atoms with E-state index in [1.165, 1.54) is 7.11 Å². The molecule has 0 aromatic carbocycles. The van der Waals surface area contributed by atoms with Gasteiger partial charge in [0.15, 0.2) is 0 Å². The summed E-state index contributed by atoms with van der Waals surface area (Å²) in [7, 11) is 1.47. The van der Waals surface area contributed by atoms with Gasteiger partial charge in [-0.25, -0.2) is 0 Å². The van der Waals surface area contributed by atoms with E-state index in [9.17, 15) is 4.79 Å². The Hall–Kier alpha value is -0.140. The van der Waals surface area contributed by atoms with E-state index in [1.807, 2.05) is 11.4 Å². The normalized spacial score (nSPS) is 11.7. The van der Waals surface area contributed by atoms with Gasteiger partial charge in [0.05, 0.1) is 6.54 Å². The van der Waals surface area contributed by atoms with Crippen molar-refractivity contribution in [1.29, 1.82) is 0 Å². The fraction of sp³-hybridized carbons (Fsp3) is 0.444. The van der Waals surface area contributed by atoms with Crippen LogP contribution in [0.25, 0.3) is 0 Å². The molecule has 1 unspecified atom stereocenters. The molecule has 1 atom stereocenters. The first kappa shape index (κ1) is 15.9.